The highest BCUT2D eigenvalue weighted by Gasteiger charge is 2.00. The Balaban J connectivity index is 0.000000364. The summed E-state index contributed by atoms with van der Waals surface area (Å²) in [5.74, 6) is -0.291. The van der Waals surface area contributed by atoms with Crippen LogP contribution in [0.1, 0.15) is 10.4 Å². The summed E-state index contributed by atoms with van der Waals surface area (Å²) in [6, 6.07) is 8.88. The molecule has 6 nitrogen and oxygen atoms in total. The van der Waals surface area contributed by atoms with E-state index in [2.05, 4.69) is 4.74 Å². The zero-order valence-electron chi connectivity index (χ0n) is 7.41. The number of hydrogen-bond donors (Lipinski definition) is 1. The number of nitrogens with zero attached hydrogens (tertiary/aromatic N) is 1. The first-order valence-electron chi connectivity index (χ1n) is 3.54. The van der Waals surface area contributed by atoms with Gasteiger partial charge < -0.3 is 9.94 Å². The van der Waals surface area contributed by atoms with Crippen molar-refractivity contribution in [2.45, 2.75) is 0 Å². The van der Waals surface area contributed by atoms with Crippen molar-refractivity contribution in [1.82, 2.24) is 0 Å². The van der Waals surface area contributed by atoms with E-state index in [0.29, 0.717) is 5.56 Å². The van der Waals surface area contributed by atoms with Crippen LogP contribution in [0.5, 0.6) is 0 Å². The van der Waals surface area contributed by atoms with E-state index in [0.717, 1.165) is 0 Å². The summed E-state index contributed by atoms with van der Waals surface area (Å²) in [6.45, 7) is 0. The first-order valence-corrected chi connectivity index (χ1v) is 3.54. The average molecular weight is 199 g/mol. The van der Waals surface area contributed by atoms with Crippen molar-refractivity contribution in [2.24, 2.45) is 0 Å². The van der Waals surface area contributed by atoms with Crippen LogP contribution >= 0.6 is 0 Å². The van der Waals surface area contributed by atoms with Gasteiger partial charge in [0.25, 0.3) is 5.09 Å². The van der Waals surface area contributed by atoms with Crippen molar-refractivity contribution in [3.05, 3.63) is 46.0 Å². The van der Waals surface area contributed by atoms with Crippen LogP contribution in [0.15, 0.2) is 30.3 Å². The predicted molar refractivity (Wildman–Crippen MR) is 46.6 cm³/mol. The number of esters is 1. The Morgan fingerprint density at radius 2 is 1.86 bits per heavy atom. The summed E-state index contributed by atoms with van der Waals surface area (Å²) in [6.07, 6.45) is 0. The molecule has 0 spiro atoms. The number of methoxy groups -OCH3 is 1. The van der Waals surface area contributed by atoms with Crippen molar-refractivity contribution >= 4 is 5.97 Å². The first-order chi connectivity index (χ1) is 6.57. The van der Waals surface area contributed by atoms with Gasteiger partial charge in [0.1, 0.15) is 0 Å². The van der Waals surface area contributed by atoms with E-state index in [-0.39, 0.29) is 5.97 Å². The van der Waals surface area contributed by atoms with Gasteiger partial charge in [-0.3, -0.25) is 0 Å². The summed E-state index contributed by atoms with van der Waals surface area (Å²) in [7, 11) is 1.37. The van der Waals surface area contributed by atoms with Gasteiger partial charge in [0, 0.05) is 0 Å². The van der Waals surface area contributed by atoms with Crippen LogP contribution in [0.2, 0.25) is 0 Å². The van der Waals surface area contributed by atoms with E-state index < -0.39 is 5.09 Å². The van der Waals surface area contributed by atoms with Gasteiger partial charge in [-0.1, -0.05) is 18.2 Å². The maximum absolute atomic E-state index is 10.8. The van der Waals surface area contributed by atoms with Crippen molar-refractivity contribution < 1.29 is 19.8 Å². The van der Waals surface area contributed by atoms with Gasteiger partial charge in [0.15, 0.2) is 0 Å². The molecule has 0 unspecified atom stereocenters. The van der Waals surface area contributed by atoms with Crippen LogP contribution in [0.3, 0.4) is 0 Å². The van der Waals surface area contributed by atoms with Crippen molar-refractivity contribution in [3.63, 3.8) is 0 Å². The van der Waals surface area contributed by atoms with Crippen LogP contribution in [0.4, 0.5) is 0 Å². The monoisotopic (exact) mass is 199 g/mol. The second-order valence-corrected chi connectivity index (χ2v) is 2.10. The molecule has 14 heavy (non-hydrogen) atoms. The third-order valence-corrected chi connectivity index (χ3v) is 1.19. The summed E-state index contributed by atoms with van der Waals surface area (Å²) >= 11 is 0. The quantitative estimate of drug-likeness (QED) is 0.416. The maximum Gasteiger partial charge on any atom is 0.337 e. The van der Waals surface area contributed by atoms with Crippen molar-refractivity contribution in [3.8, 4) is 0 Å². The zero-order chi connectivity index (χ0) is 11.0. The van der Waals surface area contributed by atoms with Gasteiger partial charge in [-0.25, -0.2) is 4.79 Å². The van der Waals surface area contributed by atoms with E-state index in [1.54, 1.807) is 24.3 Å². The fourth-order valence-corrected chi connectivity index (χ4v) is 0.692. The van der Waals surface area contributed by atoms with Crippen molar-refractivity contribution in [2.75, 3.05) is 7.11 Å². The minimum Gasteiger partial charge on any atom is -0.465 e. The summed E-state index contributed by atoms with van der Waals surface area (Å²) in [4.78, 5) is 19.2. The van der Waals surface area contributed by atoms with E-state index in [4.69, 9.17) is 15.3 Å². The SMILES string of the molecule is COC(=O)c1ccccc1.O=[N+]([O-])O. The predicted octanol–water partition coefficient (Wildman–Crippen LogP) is 1.13. The van der Waals surface area contributed by atoms with E-state index in [9.17, 15) is 4.79 Å². The molecular weight excluding hydrogens is 190 g/mol. The number of benzene rings is 1. The molecule has 0 heterocycles. The number of rotatable bonds is 1. The Kier molecular flexibility index (Phi) is 5.44. The molecule has 0 radical (unpaired) electrons. The van der Waals surface area contributed by atoms with Crippen LogP contribution in [0.25, 0.3) is 0 Å². The van der Waals surface area contributed by atoms with Gasteiger partial charge in [-0.05, 0) is 12.1 Å². The standard InChI is InChI=1S/C8H8O2.HNO3/c1-10-8(9)7-5-3-2-4-6-7;2-1(3)4/h2-6H,1H3;(H,2,3,4). The Morgan fingerprint density at radius 1 is 1.43 bits per heavy atom. The van der Waals surface area contributed by atoms with Crippen LogP contribution in [-0.4, -0.2) is 23.4 Å². The Morgan fingerprint density at radius 3 is 2.21 bits per heavy atom. The molecule has 76 valence electrons. The highest BCUT2D eigenvalue weighted by Crippen LogP contribution is 1.98. The second kappa shape index (κ2) is 6.41. The molecule has 1 N–H and O–H groups in total. The number of hydrogen-bond acceptors (Lipinski definition) is 4. The molecular formula is C8H9NO5. The first kappa shape index (κ1) is 11.9. The maximum atomic E-state index is 10.8. The van der Waals surface area contributed by atoms with Gasteiger partial charge >= 0.3 is 5.97 Å². The molecule has 0 amide bonds. The fraction of sp³-hybridized carbons (Fsp3) is 0.125. The number of carbonyl (C=O) groups is 1. The van der Waals surface area contributed by atoms with E-state index >= 15 is 0 Å². The molecule has 0 aliphatic heterocycles. The summed E-state index contributed by atoms with van der Waals surface area (Å²) < 4.78 is 4.50. The number of ether oxygens (including phenoxy) is 1. The minimum absolute atomic E-state index is 0.291. The molecule has 0 bridgehead atoms. The lowest BCUT2D eigenvalue weighted by atomic mass is 10.2. The molecule has 1 rings (SSSR count). The van der Waals surface area contributed by atoms with Crippen LogP contribution < -0.4 is 0 Å². The molecule has 0 fully saturated rings. The van der Waals surface area contributed by atoms with E-state index in [1.165, 1.54) is 7.11 Å². The normalized spacial score (nSPS) is 8.07. The molecule has 1 aromatic carbocycles. The largest absolute Gasteiger partial charge is 0.465 e. The lowest BCUT2D eigenvalue weighted by Crippen LogP contribution is -1.99. The van der Waals surface area contributed by atoms with E-state index in [1.807, 2.05) is 6.07 Å². The average Bonchev–Trinajstić information content (AvgIpc) is 2.17. The molecule has 1 aromatic rings. The highest BCUT2D eigenvalue weighted by atomic mass is 16.9. The Bertz CT molecular complexity index is 294. The fourth-order valence-electron chi connectivity index (χ4n) is 0.692. The highest BCUT2D eigenvalue weighted by molar-refractivity contribution is 5.89. The van der Waals surface area contributed by atoms with Crippen LogP contribution in [-0.2, 0) is 4.74 Å². The molecule has 0 saturated carbocycles. The Hall–Kier alpha value is -2.11. The molecule has 0 aliphatic carbocycles. The molecule has 0 aliphatic rings. The molecule has 6 heteroatoms. The second-order valence-electron chi connectivity index (χ2n) is 2.10. The molecule has 0 atom stereocenters. The zero-order valence-corrected chi connectivity index (χ0v) is 7.41. The van der Waals surface area contributed by atoms with Crippen LogP contribution in [0, 0.1) is 10.1 Å². The van der Waals surface area contributed by atoms with Gasteiger partial charge in [0.05, 0.1) is 12.7 Å². The van der Waals surface area contributed by atoms with Gasteiger partial charge in [0.2, 0.25) is 0 Å². The van der Waals surface area contributed by atoms with Crippen molar-refractivity contribution in [1.29, 1.82) is 0 Å². The Labute approximate surface area is 79.8 Å². The number of carbonyl (C=O) groups excluding carboxylic acids is 1. The molecule has 0 aromatic heterocycles. The van der Waals surface area contributed by atoms with Gasteiger partial charge in [-0.2, -0.15) is 0 Å². The lowest BCUT2D eigenvalue weighted by Gasteiger charge is -1.95. The summed E-state index contributed by atoms with van der Waals surface area (Å²) in [5, 5.41) is 13.6. The summed E-state index contributed by atoms with van der Waals surface area (Å²) in [5.41, 5.74) is 0.588. The smallest absolute Gasteiger partial charge is 0.337 e. The third kappa shape index (κ3) is 5.53. The van der Waals surface area contributed by atoms with Gasteiger partial charge in [-0.15, -0.1) is 10.1 Å². The molecule has 0 saturated heterocycles. The lowest BCUT2D eigenvalue weighted by molar-refractivity contribution is -0.742. The third-order valence-electron chi connectivity index (χ3n) is 1.19. The topological polar surface area (TPSA) is 89.7 Å². The minimum atomic E-state index is -1.50.